The highest BCUT2D eigenvalue weighted by atomic mass is 35.5. The Morgan fingerprint density at radius 2 is 2.00 bits per heavy atom. The molecule has 0 aliphatic carbocycles. The molecule has 0 amide bonds. The van der Waals surface area contributed by atoms with Crippen LogP contribution in [0.25, 0.3) is 11.4 Å². The SMILES string of the molecule is CCOc1ccc([C@H](N)c2nc(-c3ccccc3Cl)n[nH]2)cc1OC. The number of aromatic amines is 1. The van der Waals surface area contributed by atoms with Gasteiger partial charge in [-0.15, -0.1) is 0 Å². The van der Waals surface area contributed by atoms with Crippen molar-refractivity contribution in [1.82, 2.24) is 15.2 Å². The van der Waals surface area contributed by atoms with Crippen molar-refractivity contribution in [2.45, 2.75) is 13.0 Å². The molecule has 0 aliphatic rings. The topological polar surface area (TPSA) is 86.0 Å². The zero-order valence-electron chi connectivity index (χ0n) is 14.0. The third kappa shape index (κ3) is 3.60. The van der Waals surface area contributed by atoms with Crippen molar-refractivity contribution < 1.29 is 9.47 Å². The zero-order valence-corrected chi connectivity index (χ0v) is 14.7. The van der Waals surface area contributed by atoms with Crippen molar-refractivity contribution >= 4 is 11.6 Å². The predicted octanol–water partition coefficient (Wildman–Crippen LogP) is 3.58. The van der Waals surface area contributed by atoms with Crippen molar-refractivity contribution in [1.29, 1.82) is 0 Å². The Kier molecular flexibility index (Phi) is 5.21. The second kappa shape index (κ2) is 7.55. The first-order valence-corrected chi connectivity index (χ1v) is 8.25. The number of nitrogens with two attached hydrogens (primary N) is 1. The fourth-order valence-corrected chi connectivity index (χ4v) is 2.71. The van der Waals surface area contributed by atoms with Crippen LogP contribution >= 0.6 is 11.6 Å². The quantitative estimate of drug-likeness (QED) is 0.703. The molecule has 3 rings (SSSR count). The molecule has 0 fully saturated rings. The summed E-state index contributed by atoms with van der Waals surface area (Å²) in [4.78, 5) is 4.48. The Balaban J connectivity index is 1.89. The monoisotopic (exact) mass is 358 g/mol. The first-order chi connectivity index (χ1) is 12.1. The highest BCUT2D eigenvalue weighted by Crippen LogP contribution is 2.31. The molecule has 1 aromatic heterocycles. The van der Waals surface area contributed by atoms with E-state index in [1.54, 1.807) is 13.2 Å². The first kappa shape index (κ1) is 17.3. The van der Waals surface area contributed by atoms with Crippen molar-refractivity contribution in [3.05, 3.63) is 58.9 Å². The summed E-state index contributed by atoms with van der Waals surface area (Å²) >= 11 is 6.20. The highest BCUT2D eigenvalue weighted by molar-refractivity contribution is 6.33. The second-order valence-corrected chi connectivity index (χ2v) is 5.75. The number of nitrogens with one attached hydrogen (secondary N) is 1. The zero-order chi connectivity index (χ0) is 17.8. The molecule has 1 heterocycles. The van der Waals surface area contributed by atoms with Crippen LogP contribution < -0.4 is 15.2 Å². The molecular weight excluding hydrogens is 340 g/mol. The van der Waals surface area contributed by atoms with Crippen LogP contribution in [-0.4, -0.2) is 28.9 Å². The van der Waals surface area contributed by atoms with Gasteiger partial charge in [0, 0.05) is 5.56 Å². The normalized spacial score (nSPS) is 12.0. The van der Waals surface area contributed by atoms with Gasteiger partial charge >= 0.3 is 0 Å². The van der Waals surface area contributed by atoms with E-state index < -0.39 is 6.04 Å². The average molecular weight is 359 g/mol. The molecule has 0 saturated carbocycles. The van der Waals surface area contributed by atoms with E-state index in [0.29, 0.717) is 34.8 Å². The Bertz CT molecular complexity index is 866. The summed E-state index contributed by atoms with van der Waals surface area (Å²) in [5.74, 6) is 2.35. The number of aromatic nitrogens is 3. The van der Waals surface area contributed by atoms with E-state index in [9.17, 15) is 0 Å². The van der Waals surface area contributed by atoms with Crippen LogP contribution in [0.2, 0.25) is 5.02 Å². The minimum Gasteiger partial charge on any atom is -0.493 e. The van der Waals surface area contributed by atoms with Gasteiger partial charge in [-0.1, -0.05) is 29.8 Å². The third-order valence-corrected chi connectivity index (χ3v) is 4.09. The van der Waals surface area contributed by atoms with Crippen LogP contribution in [0.5, 0.6) is 11.5 Å². The molecule has 2 aromatic carbocycles. The fraction of sp³-hybridized carbons (Fsp3) is 0.222. The number of ether oxygens (including phenoxy) is 2. The summed E-state index contributed by atoms with van der Waals surface area (Å²) in [6, 6.07) is 12.5. The van der Waals surface area contributed by atoms with E-state index in [4.69, 9.17) is 26.8 Å². The molecule has 1 atom stereocenters. The molecule has 0 spiro atoms. The number of hydrogen-bond donors (Lipinski definition) is 2. The van der Waals surface area contributed by atoms with Crippen molar-refractivity contribution in [3.63, 3.8) is 0 Å². The van der Waals surface area contributed by atoms with E-state index in [1.807, 2.05) is 43.3 Å². The summed E-state index contributed by atoms with van der Waals surface area (Å²) < 4.78 is 10.9. The molecule has 3 N–H and O–H groups in total. The Hall–Kier alpha value is -2.57. The van der Waals surface area contributed by atoms with Gasteiger partial charge in [0.25, 0.3) is 0 Å². The van der Waals surface area contributed by atoms with E-state index in [-0.39, 0.29) is 0 Å². The maximum atomic E-state index is 6.33. The summed E-state index contributed by atoms with van der Waals surface area (Å²) in [5.41, 5.74) is 7.92. The van der Waals surface area contributed by atoms with Gasteiger partial charge < -0.3 is 15.2 Å². The number of rotatable bonds is 6. The molecule has 130 valence electrons. The van der Waals surface area contributed by atoms with Crippen LogP contribution in [0, 0.1) is 0 Å². The first-order valence-electron chi connectivity index (χ1n) is 7.87. The van der Waals surface area contributed by atoms with Gasteiger partial charge in [-0.05, 0) is 36.8 Å². The average Bonchev–Trinajstić information content (AvgIpc) is 3.12. The minimum absolute atomic E-state index is 0.478. The van der Waals surface area contributed by atoms with Gasteiger partial charge in [0.15, 0.2) is 17.3 Å². The van der Waals surface area contributed by atoms with Crippen LogP contribution in [-0.2, 0) is 0 Å². The minimum atomic E-state index is -0.478. The number of methoxy groups -OCH3 is 1. The van der Waals surface area contributed by atoms with Gasteiger partial charge in [-0.2, -0.15) is 5.10 Å². The molecule has 0 bridgehead atoms. The van der Waals surface area contributed by atoms with Crippen LogP contribution in [0.15, 0.2) is 42.5 Å². The van der Waals surface area contributed by atoms with Crippen LogP contribution in [0.3, 0.4) is 0 Å². The number of hydrogen-bond acceptors (Lipinski definition) is 5. The molecule has 6 nitrogen and oxygen atoms in total. The number of H-pyrrole nitrogens is 1. The molecule has 0 saturated heterocycles. The second-order valence-electron chi connectivity index (χ2n) is 5.35. The van der Waals surface area contributed by atoms with E-state index in [0.717, 1.165) is 11.1 Å². The summed E-state index contributed by atoms with van der Waals surface area (Å²) in [6.07, 6.45) is 0. The Labute approximate surface area is 150 Å². The molecule has 0 radical (unpaired) electrons. The molecule has 3 aromatic rings. The van der Waals surface area contributed by atoms with Gasteiger partial charge in [0.1, 0.15) is 5.82 Å². The molecule has 0 aliphatic heterocycles. The summed E-state index contributed by atoms with van der Waals surface area (Å²) in [5, 5.41) is 7.70. The highest BCUT2D eigenvalue weighted by Gasteiger charge is 2.18. The van der Waals surface area contributed by atoms with Crippen molar-refractivity contribution in [3.8, 4) is 22.9 Å². The van der Waals surface area contributed by atoms with Crippen LogP contribution in [0.1, 0.15) is 24.4 Å². The van der Waals surface area contributed by atoms with Gasteiger partial charge in [0.05, 0.1) is 24.8 Å². The van der Waals surface area contributed by atoms with E-state index in [1.165, 1.54) is 0 Å². The molecule has 0 unspecified atom stereocenters. The van der Waals surface area contributed by atoms with E-state index in [2.05, 4.69) is 15.2 Å². The maximum absolute atomic E-state index is 6.33. The van der Waals surface area contributed by atoms with Gasteiger partial charge in [-0.25, -0.2) is 4.98 Å². The van der Waals surface area contributed by atoms with Gasteiger partial charge in [-0.3, -0.25) is 5.10 Å². The van der Waals surface area contributed by atoms with Crippen LogP contribution in [0.4, 0.5) is 0 Å². The number of halogens is 1. The van der Waals surface area contributed by atoms with E-state index >= 15 is 0 Å². The standard InChI is InChI=1S/C18H19ClN4O2/c1-3-25-14-9-8-11(10-15(14)24-2)16(20)18-21-17(22-23-18)12-6-4-5-7-13(12)19/h4-10,16H,3,20H2,1-2H3,(H,21,22,23)/t16-/m0/s1. The Morgan fingerprint density at radius 3 is 2.72 bits per heavy atom. The fourth-order valence-electron chi connectivity index (χ4n) is 2.49. The molecule has 7 heteroatoms. The lowest BCUT2D eigenvalue weighted by Crippen LogP contribution is -2.14. The maximum Gasteiger partial charge on any atom is 0.182 e. The Morgan fingerprint density at radius 1 is 1.20 bits per heavy atom. The lowest BCUT2D eigenvalue weighted by molar-refractivity contribution is 0.310. The summed E-state index contributed by atoms with van der Waals surface area (Å²) in [7, 11) is 1.59. The lowest BCUT2D eigenvalue weighted by atomic mass is 10.1. The molecular formula is C18H19ClN4O2. The molecule has 25 heavy (non-hydrogen) atoms. The lowest BCUT2D eigenvalue weighted by Gasteiger charge is -2.13. The van der Waals surface area contributed by atoms with Gasteiger partial charge in [0.2, 0.25) is 0 Å². The smallest absolute Gasteiger partial charge is 0.182 e. The van der Waals surface area contributed by atoms with Crippen molar-refractivity contribution in [2.75, 3.05) is 13.7 Å². The third-order valence-electron chi connectivity index (χ3n) is 3.76. The van der Waals surface area contributed by atoms with Crippen molar-refractivity contribution in [2.24, 2.45) is 5.73 Å². The predicted molar refractivity (Wildman–Crippen MR) is 97.0 cm³/mol. The number of benzene rings is 2. The summed E-state index contributed by atoms with van der Waals surface area (Å²) in [6.45, 7) is 2.48. The number of nitrogens with zero attached hydrogens (tertiary/aromatic N) is 2. The largest absolute Gasteiger partial charge is 0.493 e.